The molecule has 0 bridgehead atoms. The van der Waals surface area contributed by atoms with E-state index in [2.05, 4.69) is 9.97 Å². The standard InChI is InChI=1S/C30H27FN6O2S/c1-5-22(21-13-24-36(17(3)14-40-24)30(38)25(21)18-7-6-8-20(31)12-18)37-29-26(28(32)33-15-34-29)27(35-37)19-9-10-23(39-4)16(2)11-19/h6-15,22H,5H2,1-4H3,(H2,32,33,34)/t22-/m0/s1. The summed E-state index contributed by atoms with van der Waals surface area (Å²) < 4.78 is 23.4. The van der Waals surface area contributed by atoms with Gasteiger partial charge in [0.05, 0.1) is 24.1 Å². The van der Waals surface area contributed by atoms with Crippen LogP contribution < -0.4 is 16.0 Å². The van der Waals surface area contributed by atoms with Crippen molar-refractivity contribution in [1.82, 2.24) is 24.1 Å². The summed E-state index contributed by atoms with van der Waals surface area (Å²) in [4.78, 5) is 23.6. The minimum absolute atomic E-state index is 0.202. The number of hydrogen-bond donors (Lipinski definition) is 1. The number of nitrogen functional groups attached to an aromatic ring is 1. The van der Waals surface area contributed by atoms with Crippen molar-refractivity contribution < 1.29 is 9.13 Å². The molecule has 6 aromatic rings. The van der Waals surface area contributed by atoms with E-state index < -0.39 is 11.9 Å². The zero-order valence-electron chi connectivity index (χ0n) is 22.5. The topological polar surface area (TPSA) is 100 Å². The Morgan fingerprint density at radius 2 is 1.93 bits per heavy atom. The van der Waals surface area contributed by atoms with E-state index in [1.807, 2.05) is 55.1 Å². The van der Waals surface area contributed by atoms with Gasteiger partial charge in [-0.3, -0.25) is 9.20 Å². The second-order valence-electron chi connectivity index (χ2n) is 9.70. The van der Waals surface area contributed by atoms with Crippen molar-refractivity contribution in [2.24, 2.45) is 0 Å². The number of aryl methyl sites for hydroxylation is 2. The quantitative estimate of drug-likeness (QED) is 0.264. The Hall–Kier alpha value is -4.57. The normalized spacial score (nSPS) is 12.3. The first kappa shape index (κ1) is 25.7. The summed E-state index contributed by atoms with van der Waals surface area (Å²) in [6.45, 7) is 5.88. The molecule has 0 unspecified atom stereocenters. The van der Waals surface area contributed by atoms with Crippen LogP contribution in [0, 0.1) is 19.7 Å². The maximum absolute atomic E-state index is 14.4. The second-order valence-corrected chi connectivity index (χ2v) is 10.6. The Kier molecular flexibility index (Phi) is 6.34. The first-order valence-corrected chi connectivity index (χ1v) is 13.7. The van der Waals surface area contributed by atoms with Gasteiger partial charge in [-0.25, -0.2) is 19.0 Å². The predicted molar refractivity (Wildman–Crippen MR) is 157 cm³/mol. The highest BCUT2D eigenvalue weighted by Gasteiger charge is 2.27. The monoisotopic (exact) mass is 554 g/mol. The number of methoxy groups -OCH3 is 1. The largest absolute Gasteiger partial charge is 0.496 e. The molecule has 0 amide bonds. The van der Waals surface area contributed by atoms with Crippen molar-refractivity contribution in [3.63, 3.8) is 0 Å². The lowest BCUT2D eigenvalue weighted by atomic mass is 9.95. The van der Waals surface area contributed by atoms with Crippen molar-refractivity contribution in [3.05, 3.63) is 93.2 Å². The zero-order chi connectivity index (χ0) is 28.1. The van der Waals surface area contributed by atoms with Crippen LogP contribution in [0.25, 0.3) is 38.2 Å². The Balaban J connectivity index is 1.65. The predicted octanol–water partition coefficient (Wildman–Crippen LogP) is 6.18. The van der Waals surface area contributed by atoms with Gasteiger partial charge in [0.15, 0.2) is 5.65 Å². The van der Waals surface area contributed by atoms with E-state index >= 15 is 0 Å². The van der Waals surface area contributed by atoms with Gasteiger partial charge in [-0.15, -0.1) is 11.3 Å². The molecule has 0 radical (unpaired) electrons. The number of ether oxygens (including phenoxy) is 1. The molecule has 6 rings (SSSR count). The summed E-state index contributed by atoms with van der Waals surface area (Å²) in [6, 6.07) is 13.6. The van der Waals surface area contributed by atoms with E-state index in [9.17, 15) is 9.18 Å². The Morgan fingerprint density at radius 3 is 2.65 bits per heavy atom. The van der Waals surface area contributed by atoms with Gasteiger partial charge in [0.1, 0.15) is 34.2 Å². The number of benzene rings is 2. The molecule has 2 aromatic carbocycles. The molecular weight excluding hydrogens is 527 g/mol. The van der Waals surface area contributed by atoms with Crippen LogP contribution in [0.15, 0.2) is 65.0 Å². The summed E-state index contributed by atoms with van der Waals surface area (Å²) in [5.41, 5.74) is 11.7. The summed E-state index contributed by atoms with van der Waals surface area (Å²) in [6.07, 6.45) is 2.00. The smallest absolute Gasteiger partial charge is 0.264 e. The molecule has 0 aliphatic heterocycles. The Morgan fingerprint density at radius 1 is 1.10 bits per heavy atom. The van der Waals surface area contributed by atoms with Gasteiger partial charge in [0.25, 0.3) is 5.56 Å². The van der Waals surface area contributed by atoms with Gasteiger partial charge in [0, 0.05) is 16.6 Å². The lowest BCUT2D eigenvalue weighted by molar-refractivity contribution is 0.412. The van der Waals surface area contributed by atoms with Crippen LogP contribution in [0.5, 0.6) is 5.75 Å². The van der Waals surface area contributed by atoms with Crippen LogP contribution >= 0.6 is 11.3 Å². The number of hydrogen-bond acceptors (Lipinski definition) is 7. The first-order chi connectivity index (χ1) is 19.3. The minimum atomic E-state index is -0.412. The van der Waals surface area contributed by atoms with Gasteiger partial charge < -0.3 is 10.5 Å². The molecule has 0 saturated heterocycles. The summed E-state index contributed by atoms with van der Waals surface area (Å²) >= 11 is 1.49. The third-order valence-electron chi connectivity index (χ3n) is 7.25. The Bertz CT molecular complexity index is 1980. The fourth-order valence-corrected chi connectivity index (χ4v) is 6.31. The van der Waals surface area contributed by atoms with Crippen LogP contribution in [0.1, 0.15) is 36.2 Å². The zero-order valence-corrected chi connectivity index (χ0v) is 23.3. The molecule has 0 saturated carbocycles. The average molecular weight is 555 g/mol. The number of halogens is 1. The molecule has 2 N–H and O–H groups in total. The van der Waals surface area contributed by atoms with Crippen LogP contribution in [-0.4, -0.2) is 31.3 Å². The van der Waals surface area contributed by atoms with Crippen LogP contribution in [0.4, 0.5) is 10.2 Å². The molecule has 4 heterocycles. The fraction of sp³-hybridized carbons (Fsp3) is 0.200. The van der Waals surface area contributed by atoms with Crippen molar-refractivity contribution in [2.45, 2.75) is 33.2 Å². The number of nitrogens with two attached hydrogens (primary N) is 1. The van der Waals surface area contributed by atoms with Gasteiger partial charge in [0.2, 0.25) is 0 Å². The number of anilines is 1. The summed E-state index contributed by atoms with van der Waals surface area (Å²) in [7, 11) is 1.63. The highest BCUT2D eigenvalue weighted by Crippen LogP contribution is 2.38. The maximum Gasteiger partial charge on any atom is 0.264 e. The van der Waals surface area contributed by atoms with Crippen LogP contribution in [0.3, 0.4) is 0 Å². The third-order valence-corrected chi connectivity index (χ3v) is 8.25. The molecule has 202 valence electrons. The van der Waals surface area contributed by atoms with Gasteiger partial charge in [-0.05, 0) is 73.4 Å². The van der Waals surface area contributed by atoms with E-state index in [0.29, 0.717) is 40.1 Å². The van der Waals surface area contributed by atoms with Gasteiger partial charge in [-0.1, -0.05) is 19.1 Å². The number of pyridine rings is 1. The first-order valence-electron chi connectivity index (χ1n) is 12.9. The van der Waals surface area contributed by atoms with Gasteiger partial charge >= 0.3 is 0 Å². The maximum atomic E-state index is 14.4. The highest BCUT2D eigenvalue weighted by atomic mass is 32.1. The number of thiazole rings is 1. The van der Waals surface area contributed by atoms with Crippen LogP contribution in [0.2, 0.25) is 0 Å². The van der Waals surface area contributed by atoms with E-state index in [1.54, 1.807) is 23.6 Å². The van der Waals surface area contributed by atoms with E-state index in [1.165, 1.54) is 29.8 Å². The van der Waals surface area contributed by atoms with Crippen LogP contribution in [-0.2, 0) is 0 Å². The minimum Gasteiger partial charge on any atom is -0.496 e. The lowest BCUT2D eigenvalue weighted by Gasteiger charge is -2.21. The summed E-state index contributed by atoms with van der Waals surface area (Å²) in [5, 5.41) is 7.62. The highest BCUT2D eigenvalue weighted by molar-refractivity contribution is 7.15. The molecule has 0 aliphatic rings. The number of nitrogens with zero attached hydrogens (tertiary/aromatic N) is 5. The van der Waals surface area contributed by atoms with Crippen molar-refractivity contribution >= 4 is 33.0 Å². The Labute approximate surface area is 233 Å². The third kappa shape index (κ3) is 4.03. The molecular formula is C30H27FN6O2S. The SMILES string of the molecule is CC[C@@H](c1cc2scc(C)n2c(=O)c1-c1cccc(F)c1)n1nc(-c2ccc(OC)c(C)c2)c2c(N)ncnc21. The summed E-state index contributed by atoms with van der Waals surface area (Å²) in [5.74, 6) is 0.664. The van der Waals surface area contributed by atoms with Crippen molar-refractivity contribution in [2.75, 3.05) is 12.8 Å². The van der Waals surface area contributed by atoms with Crippen molar-refractivity contribution in [3.8, 4) is 28.1 Å². The van der Waals surface area contributed by atoms with Crippen molar-refractivity contribution in [1.29, 1.82) is 0 Å². The fourth-order valence-electron chi connectivity index (χ4n) is 5.39. The lowest BCUT2D eigenvalue weighted by Crippen LogP contribution is -2.22. The molecule has 0 fully saturated rings. The molecule has 4 aromatic heterocycles. The molecule has 0 spiro atoms. The van der Waals surface area contributed by atoms with E-state index in [4.69, 9.17) is 15.6 Å². The molecule has 10 heteroatoms. The molecule has 8 nitrogen and oxygen atoms in total. The second kappa shape index (κ2) is 9.87. The van der Waals surface area contributed by atoms with E-state index in [0.717, 1.165) is 33.0 Å². The number of fused-ring (bicyclic) bond motifs is 2. The molecule has 0 aliphatic carbocycles. The van der Waals surface area contributed by atoms with Gasteiger partial charge in [-0.2, -0.15) is 5.10 Å². The number of aromatic nitrogens is 5. The number of rotatable bonds is 6. The van der Waals surface area contributed by atoms with E-state index in [-0.39, 0.29) is 5.56 Å². The molecule has 1 atom stereocenters. The average Bonchev–Trinajstić information content (AvgIpc) is 3.51. The molecule has 40 heavy (non-hydrogen) atoms.